The number of aryl methyl sites for hydroxylation is 1. The molecule has 0 aliphatic carbocycles. The number of rotatable bonds is 4. The number of fused-ring (bicyclic) bond motifs is 1. The summed E-state index contributed by atoms with van der Waals surface area (Å²) in [4.78, 5) is 4.50. The third kappa shape index (κ3) is 3.84. The van der Waals surface area contributed by atoms with Gasteiger partial charge in [0.2, 0.25) is 0 Å². The lowest BCUT2D eigenvalue weighted by atomic mass is 9.98. The van der Waals surface area contributed by atoms with Crippen LogP contribution in [0.5, 0.6) is 0 Å². The van der Waals surface area contributed by atoms with Crippen molar-refractivity contribution in [3.8, 4) is 0 Å². The second kappa shape index (κ2) is 8.23. The molecule has 0 saturated carbocycles. The second-order valence-electron chi connectivity index (χ2n) is 6.58. The Morgan fingerprint density at radius 1 is 1.00 bits per heavy atom. The third-order valence-corrected chi connectivity index (χ3v) is 5.68. The SMILES string of the molecule is Cc1ccccc1C(=NO)c1ccc(Nc2ncc(Br)c3ccccc23)cc1Cl. The lowest BCUT2D eigenvalue weighted by Crippen LogP contribution is -2.07. The summed E-state index contributed by atoms with van der Waals surface area (Å²) >= 11 is 10.1. The molecule has 29 heavy (non-hydrogen) atoms. The number of nitrogens with one attached hydrogen (secondary N) is 1. The van der Waals surface area contributed by atoms with Crippen molar-refractivity contribution in [1.29, 1.82) is 0 Å². The molecular formula is C23H17BrClN3O. The highest BCUT2D eigenvalue weighted by Crippen LogP contribution is 2.31. The van der Waals surface area contributed by atoms with E-state index in [0.29, 0.717) is 16.3 Å². The van der Waals surface area contributed by atoms with E-state index in [0.717, 1.165) is 37.9 Å². The van der Waals surface area contributed by atoms with Gasteiger partial charge in [-0.05, 0) is 46.6 Å². The molecule has 0 saturated heterocycles. The molecule has 0 bridgehead atoms. The Morgan fingerprint density at radius 3 is 2.45 bits per heavy atom. The summed E-state index contributed by atoms with van der Waals surface area (Å²) in [6, 6.07) is 21.3. The Kier molecular flexibility index (Phi) is 5.51. The summed E-state index contributed by atoms with van der Waals surface area (Å²) in [5.74, 6) is 0.738. The first-order chi connectivity index (χ1) is 14.1. The van der Waals surface area contributed by atoms with E-state index in [2.05, 4.69) is 31.4 Å². The van der Waals surface area contributed by atoms with Gasteiger partial charge in [0.25, 0.3) is 0 Å². The van der Waals surface area contributed by atoms with Crippen LogP contribution in [0, 0.1) is 6.92 Å². The quantitative estimate of drug-likeness (QED) is 0.195. The number of hydrogen-bond donors (Lipinski definition) is 2. The van der Waals surface area contributed by atoms with Crippen molar-refractivity contribution in [3.05, 3.63) is 99.1 Å². The molecule has 6 heteroatoms. The fourth-order valence-electron chi connectivity index (χ4n) is 3.27. The van der Waals surface area contributed by atoms with Crippen molar-refractivity contribution in [1.82, 2.24) is 4.98 Å². The molecule has 0 unspecified atom stereocenters. The Bertz CT molecular complexity index is 1240. The van der Waals surface area contributed by atoms with Crippen molar-refractivity contribution >= 4 is 55.5 Å². The van der Waals surface area contributed by atoms with Crippen LogP contribution in [0.4, 0.5) is 11.5 Å². The fourth-order valence-corrected chi connectivity index (χ4v) is 3.99. The van der Waals surface area contributed by atoms with E-state index in [1.807, 2.05) is 67.6 Å². The van der Waals surface area contributed by atoms with E-state index >= 15 is 0 Å². The minimum absolute atomic E-state index is 0.437. The molecule has 0 radical (unpaired) electrons. The molecule has 0 amide bonds. The number of aromatic nitrogens is 1. The first-order valence-corrected chi connectivity index (χ1v) is 10.1. The summed E-state index contributed by atoms with van der Waals surface area (Å²) in [6.45, 7) is 1.97. The van der Waals surface area contributed by atoms with Crippen molar-refractivity contribution in [2.75, 3.05) is 5.32 Å². The molecular weight excluding hydrogens is 450 g/mol. The van der Waals surface area contributed by atoms with Crippen LogP contribution in [0.15, 0.2) is 82.6 Å². The van der Waals surface area contributed by atoms with Crippen LogP contribution in [0.3, 0.4) is 0 Å². The van der Waals surface area contributed by atoms with Crippen molar-refractivity contribution < 1.29 is 5.21 Å². The van der Waals surface area contributed by atoms with Gasteiger partial charge in [0.1, 0.15) is 11.5 Å². The maximum atomic E-state index is 9.63. The average molecular weight is 467 g/mol. The van der Waals surface area contributed by atoms with Gasteiger partial charge >= 0.3 is 0 Å². The molecule has 3 aromatic carbocycles. The zero-order valence-electron chi connectivity index (χ0n) is 15.5. The van der Waals surface area contributed by atoms with Gasteiger partial charge in [-0.3, -0.25) is 0 Å². The van der Waals surface area contributed by atoms with Gasteiger partial charge in [0.15, 0.2) is 0 Å². The summed E-state index contributed by atoms with van der Waals surface area (Å²) in [6.07, 6.45) is 1.77. The van der Waals surface area contributed by atoms with E-state index in [9.17, 15) is 5.21 Å². The molecule has 0 fully saturated rings. The molecule has 0 atom stereocenters. The van der Waals surface area contributed by atoms with Crippen LogP contribution in [-0.2, 0) is 0 Å². The largest absolute Gasteiger partial charge is 0.410 e. The standard InChI is InChI=1S/C23H17BrClN3O/c1-14-6-2-3-7-16(14)22(28-29)19-11-10-15(12-21(19)25)27-23-18-9-5-4-8-17(18)20(24)13-26-23/h2-13,29H,1H3,(H,26,27). The number of nitrogens with zero attached hydrogens (tertiary/aromatic N) is 2. The monoisotopic (exact) mass is 465 g/mol. The van der Waals surface area contributed by atoms with E-state index in [4.69, 9.17) is 11.6 Å². The normalized spacial score (nSPS) is 11.6. The van der Waals surface area contributed by atoms with Crippen molar-refractivity contribution in [2.45, 2.75) is 6.92 Å². The average Bonchev–Trinajstić information content (AvgIpc) is 2.73. The van der Waals surface area contributed by atoms with Gasteiger partial charge in [-0.15, -0.1) is 0 Å². The first kappa shape index (κ1) is 19.4. The lowest BCUT2D eigenvalue weighted by Gasteiger charge is -2.13. The predicted octanol–water partition coefficient (Wildman–Crippen LogP) is 6.93. The molecule has 4 aromatic rings. The van der Waals surface area contributed by atoms with Crippen LogP contribution in [0.1, 0.15) is 16.7 Å². The van der Waals surface area contributed by atoms with E-state index in [-0.39, 0.29) is 0 Å². The van der Waals surface area contributed by atoms with Crippen molar-refractivity contribution in [3.63, 3.8) is 0 Å². The molecule has 4 rings (SSSR count). The maximum Gasteiger partial charge on any atom is 0.138 e. The van der Waals surface area contributed by atoms with E-state index in [1.54, 1.807) is 12.3 Å². The number of hydrogen-bond acceptors (Lipinski definition) is 4. The number of oxime groups is 1. The predicted molar refractivity (Wildman–Crippen MR) is 123 cm³/mol. The van der Waals surface area contributed by atoms with Crippen LogP contribution in [0.25, 0.3) is 10.8 Å². The lowest BCUT2D eigenvalue weighted by molar-refractivity contribution is 0.319. The first-order valence-electron chi connectivity index (χ1n) is 8.96. The molecule has 1 heterocycles. The molecule has 2 N–H and O–H groups in total. The molecule has 0 aliphatic heterocycles. The topological polar surface area (TPSA) is 57.5 Å². The van der Waals surface area contributed by atoms with Gasteiger partial charge in [-0.25, -0.2) is 4.98 Å². The zero-order chi connectivity index (χ0) is 20.4. The molecule has 4 nitrogen and oxygen atoms in total. The summed E-state index contributed by atoms with van der Waals surface area (Å²) in [7, 11) is 0. The minimum Gasteiger partial charge on any atom is -0.410 e. The van der Waals surface area contributed by atoms with Gasteiger partial charge in [-0.2, -0.15) is 0 Å². The minimum atomic E-state index is 0.437. The molecule has 0 aliphatic rings. The smallest absolute Gasteiger partial charge is 0.138 e. The highest BCUT2D eigenvalue weighted by Gasteiger charge is 2.15. The van der Waals surface area contributed by atoms with Crippen LogP contribution >= 0.6 is 27.5 Å². The van der Waals surface area contributed by atoms with Crippen molar-refractivity contribution in [2.24, 2.45) is 5.16 Å². The Morgan fingerprint density at radius 2 is 1.72 bits per heavy atom. The number of anilines is 2. The zero-order valence-corrected chi connectivity index (χ0v) is 17.9. The second-order valence-corrected chi connectivity index (χ2v) is 7.85. The molecule has 0 spiro atoms. The van der Waals surface area contributed by atoms with Crippen LogP contribution < -0.4 is 5.32 Å². The Hall–Kier alpha value is -2.89. The molecule has 1 aromatic heterocycles. The highest BCUT2D eigenvalue weighted by atomic mass is 79.9. The molecule has 144 valence electrons. The van der Waals surface area contributed by atoms with Gasteiger partial charge < -0.3 is 10.5 Å². The Labute approximate surface area is 182 Å². The van der Waals surface area contributed by atoms with Gasteiger partial charge in [0.05, 0.1) is 5.02 Å². The number of benzene rings is 3. The van der Waals surface area contributed by atoms with Gasteiger partial charge in [0, 0.05) is 38.3 Å². The number of halogens is 2. The third-order valence-electron chi connectivity index (χ3n) is 4.73. The fraction of sp³-hybridized carbons (Fsp3) is 0.0435. The van der Waals surface area contributed by atoms with E-state index in [1.165, 1.54) is 0 Å². The van der Waals surface area contributed by atoms with Crippen LogP contribution in [-0.4, -0.2) is 15.9 Å². The number of pyridine rings is 1. The highest BCUT2D eigenvalue weighted by molar-refractivity contribution is 9.10. The van der Waals surface area contributed by atoms with Crippen LogP contribution in [0.2, 0.25) is 5.02 Å². The summed E-state index contributed by atoms with van der Waals surface area (Å²) < 4.78 is 0.939. The maximum absolute atomic E-state index is 9.63. The van der Waals surface area contributed by atoms with Gasteiger partial charge in [-0.1, -0.05) is 65.3 Å². The Balaban J connectivity index is 1.70. The summed E-state index contributed by atoms with van der Waals surface area (Å²) in [5.41, 5.74) is 3.72. The summed E-state index contributed by atoms with van der Waals surface area (Å²) in [5, 5.41) is 19.0. The van der Waals surface area contributed by atoms with E-state index < -0.39 is 0 Å².